The molecule has 4 aliphatic rings. The van der Waals surface area contributed by atoms with Crippen LogP contribution in [0.1, 0.15) is 6.42 Å². The van der Waals surface area contributed by atoms with E-state index >= 15 is 0 Å². The first-order valence-electron chi connectivity index (χ1n) is 4.25. The topological polar surface area (TPSA) is 17.1 Å². The molecule has 4 aliphatic carbocycles. The molecule has 0 aliphatic heterocycles. The van der Waals surface area contributed by atoms with Crippen molar-refractivity contribution in [1.82, 2.24) is 0 Å². The Balaban J connectivity index is 2.09. The SMILES string of the molecule is O=C1CC2C=CC1C1C=CC21. The van der Waals surface area contributed by atoms with Crippen LogP contribution in [-0.2, 0) is 4.79 Å². The van der Waals surface area contributed by atoms with Crippen LogP contribution in [0, 0.1) is 23.7 Å². The van der Waals surface area contributed by atoms with Gasteiger partial charge < -0.3 is 0 Å². The molecule has 1 fully saturated rings. The van der Waals surface area contributed by atoms with Gasteiger partial charge in [-0.05, 0) is 17.8 Å². The summed E-state index contributed by atoms with van der Waals surface area (Å²) in [5.41, 5.74) is 0. The zero-order valence-corrected chi connectivity index (χ0v) is 6.23. The molecular weight excluding hydrogens is 136 g/mol. The van der Waals surface area contributed by atoms with Crippen molar-refractivity contribution in [2.75, 3.05) is 0 Å². The second kappa shape index (κ2) is 1.66. The molecule has 0 radical (unpaired) electrons. The molecule has 0 aromatic heterocycles. The largest absolute Gasteiger partial charge is 0.299 e. The van der Waals surface area contributed by atoms with Gasteiger partial charge in [-0.15, -0.1) is 0 Å². The zero-order valence-electron chi connectivity index (χ0n) is 6.23. The predicted octanol–water partition coefficient (Wildman–Crippen LogP) is 1.56. The van der Waals surface area contributed by atoms with Crippen molar-refractivity contribution in [3.63, 3.8) is 0 Å². The van der Waals surface area contributed by atoms with Crippen LogP contribution in [-0.4, -0.2) is 5.78 Å². The predicted molar refractivity (Wildman–Crippen MR) is 41.9 cm³/mol. The Morgan fingerprint density at radius 1 is 1.09 bits per heavy atom. The van der Waals surface area contributed by atoms with Gasteiger partial charge in [0, 0.05) is 12.3 Å². The van der Waals surface area contributed by atoms with Gasteiger partial charge in [-0.3, -0.25) is 4.79 Å². The number of Topliss-reactive ketones (excluding diaryl/α,β-unsaturated/α-hetero) is 1. The molecule has 4 unspecified atom stereocenters. The molecule has 56 valence electrons. The minimum absolute atomic E-state index is 0.245. The Morgan fingerprint density at radius 2 is 1.91 bits per heavy atom. The molecule has 0 amide bonds. The van der Waals surface area contributed by atoms with Crippen LogP contribution in [0.2, 0.25) is 0 Å². The Morgan fingerprint density at radius 3 is 2.36 bits per heavy atom. The third-order valence-corrected chi connectivity index (χ3v) is 3.28. The van der Waals surface area contributed by atoms with E-state index in [0.29, 0.717) is 23.5 Å². The van der Waals surface area contributed by atoms with E-state index in [1.165, 1.54) is 0 Å². The molecule has 0 aromatic rings. The fourth-order valence-electron chi connectivity index (χ4n) is 2.57. The third kappa shape index (κ3) is 0.550. The highest BCUT2D eigenvalue weighted by Gasteiger charge is 2.46. The average molecular weight is 146 g/mol. The van der Waals surface area contributed by atoms with Gasteiger partial charge in [0.15, 0.2) is 0 Å². The van der Waals surface area contributed by atoms with Crippen LogP contribution < -0.4 is 0 Å². The fraction of sp³-hybridized carbons (Fsp3) is 0.500. The van der Waals surface area contributed by atoms with E-state index in [1.807, 2.05) is 0 Å². The van der Waals surface area contributed by atoms with Crippen LogP contribution in [0.4, 0.5) is 0 Å². The summed E-state index contributed by atoms with van der Waals surface area (Å²) in [4.78, 5) is 11.4. The lowest BCUT2D eigenvalue weighted by Crippen LogP contribution is -2.44. The van der Waals surface area contributed by atoms with E-state index in [4.69, 9.17) is 0 Å². The van der Waals surface area contributed by atoms with Crippen molar-refractivity contribution in [2.24, 2.45) is 23.7 Å². The van der Waals surface area contributed by atoms with Gasteiger partial charge in [0.05, 0.1) is 0 Å². The van der Waals surface area contributed by atoms with Gasteiger partial charge in [0.25, 0.3) is 0 Å². The minimum atomic E-state index is 0.245. The molecular formula is C10H10O. The van der Waals surface area contributed by atoms with E-state index in [-0.39, 0.29) is 5.92 Å². The first-order valence-corrected chi connectivity index (χ1v) is 4.25. The van der Waals surface area contributed by atoms with Crippen molar-refractivity contribution >= 4 is 5.78 Å². The van der Waals surface area contributed by atoms with E-state index in [2.05, 4.69) is 24.3 Å². The van der Waals surface area contributed by atoms with Crippen LogP contribution in [0.5, 0.6) is 0 Å². The number of allylic oxidation sites excluding steroid dienone is 4. The highest BCUT2D eigenvalue weighted by Crippen LogP contribution is 2.48. The summed E-state index contributed by atoms with van der Waals surface area (Å²) in [6.07, 6.45) is 9.60. The average Bonchev–Trinajstić information content (AvgIpc) is 1.89. The highest BCUT2D eigenvalue weighted by atomic mass is 16.1. The van der Waals surface area contributed by atoms with E-state index in [1.54, 1.807) is 0 Å². The maximum absolute atomic E-state index is 11.4. The van der Waals surface area contributed by atoms with Crippen molar-refractivity contribution in [1.29, 1.82) is 0 Å². The molecule has 4 rings (SSSR count). The van der Waals surface area contributed by atoms with Gasteiger partial charge in [-0.25, -0.2) is 0 Å². The second-order valence-electron chi connectivity index (χ2n) is 3.78. The summed E-state index contributed by atoms with van der Waals surface area (Å²) in [6, 6.07) is 0. The summed E-state index contributed by atoms with van der Waals surface area (Å²) in [6.45, 7) is 0. The number of carbonyl (C=O) groups excluding carboxylic acids is 1. The molecule has 0 aromatic carbocycles. The maximum Gasteiger partial charge on any atom is 0.140 e. The number of rotatable bonds is 0. The summed E-state index contributed by atoms with van der Waals surface area (Å²) in [5.74, 6) is 2.54. The van der Waals surface area contributed by atoms with E-state index in [0.717, 1.165) is 6.42 Å². The Bertz CT molecular complexity index is 275. The standard InChI is InChI=1S/C10H10O/c11-10-5-6-1-2-9(10)8-4-3-7(6)8/h1-4,6-9H,5H2. The highest BCUT2D eigenvalue weighted by molar-refractivity contribution is 5.86. The normalized spacial score (nSPS) is 50.7. The van der Waals surface area contributed by atoms with Gasteiger partial charge >= 0.3 is 0 Å². The van der Waals surface area contributed by atoms with Crippen LogP contribution >= 0.6 is 0 Å². The molecule has 0 saturated heterocycles. The monoisotopic (exact) mass is 146 g/mol. The summed E-state index contributed by atoms with van der Waals surface area (Å²) in [7, 11) is 0. The summed E-state index contributed by atoms with van der Waals surface area (Å²) in [5, 5.41) is 0. The Labute approximate surface area is 65.8 Å². The lowest BCUT2D eigenvalue weighted by molar-refractivity contribution is -0.127. The van der Waals surface area contributed by atoms with Crippen LogP contribution in [0.25, 0.3) is 0 Å². The van der Waals surface area contributed by atoms with Crippen molar-refractivity contribution in [3.05, 3.63) is 24.3 Å². The van der Waals surface area contributed by atoms with E-state index < -0.39 is 0 Å². The molecule has 2 bridgehead atoms. The maximum atomic E-state index is 11.4. The van der Waals surface area contributed by atoms with Crippen molar-refractivity contribution in [2.45, 2.75) is 6.42 Å². The van der Waals surface area contributed by atoms with Gasteiger partial charge in [0.2, 0.25) is 0 Å². The van der Waals surface area contributed by atoms with E-state index in [9.17, 15) is 4.79 Å². The van der Waals surface area contributed by atoms with Crippen molar-refractivity contribution in [3.8, 4) is 0 Å². The molecule has 0 heterocycles. The second-order valence-corrected chi connectivity index (χ2v) is 3.78. The number of ketones is 1. The molecule has 1 heteroatoms. The minimum Gasteiger partial charge on any atom is -0.299 e. The lowest BCUT2D eigenvalue weighted by atomic mass is 9.57. The molecule has 1 nitrogen and oxygen atoms in total. The molecule has 1 saturated carbocycles. The lowest BCUT2D eigenvalue weighted by Gasteiger charge is -2.46. The first kappa shape index (κ1) is 5.76. The number of hydrogen-bond donors (Lipinski definition) is 0. The first-order chi connectivity index (χ1) is 5.36. The third-order valence-electron chi connectivity index (χ3n) is 3.28. The molecule has 4 atom stereocenters. The van der Waals surface area contributed by atoms with Gasteiger partial charge in [-0.2, -0.15) is 0 Å². The number of carbonyl (C=O) groups is 1. The number of hydrogen-bond acceptors (Lipinski definition) is 1. The Hall–Kier alpha value is -0.850. The van der Waals surface area contributed by atoms with Crippen LogP contribution in [0.3, 0.4) is 0 Å². The summed E-state index contributed by atoms with van der Waals surface area (Å²) >= 11 is 0. The Kier molecular flexibility index (Phi) is 0.867. The molecule has 0 N–H and O–H groups in total. The summed E-state index contributed by atoms with van der Waals surface area (Å²) < 4.78 is 0. The zero-order chi connectivity index (χ0) is 7.42. The van der Waals surface area contributed by atoms with Gasteiger partial charge in [-0.1, -0.05) is 24.3 Å². The molecule has 0 spiro atoms. The smallest absolute Gasteiger partial charge is 0.140 e. The van der Waals surface area contributed by atoms with Crippen LogP contribution in [0.15, 0.2) is 24.3 Å². The quantitative estimate of drug-likeness (QED) is 0.474. The van der Waals surface area contributed by atoms with Gasteiger partial charge in [0.1, 0.15) is 5.78 Å². The molecule has 11 heavy (non-hydrogen) atoms. The fourth-order valence-corrected chi connectivity index (χ4v) is 2.57. The van der Waals surface area contributed by atoms with Crippen molar-refractivity contribution < 1.29 is 4.79 Å². The number of fused-ring (bicyclic) bond motifs is 1.